The highest BCUT2D eigenvalue weighted by atomic mass is 16.7. The minimum atomic E-state index is -0.134. The van der Waals surface area contributed by atoms with Crippen LogP contribution in [0.3, 0.4) is 0 Å². The van der Waals surface area contributed by atoms with E-state index in [0.29, 0.717) is 18.5 Å². The molecule has 1 saturated heterocycles. The lowest BCUT2D eigenvalue weighted by Crippen LogP contribution is -2.30. The van der Waals surface area contributed by atoms with Crippen molar-refractivity contribution in [2.75, 3.05) is 25.7 Å². The number of carbonyl (C=O) groups excluding carboxylic acids is 2. The van der Waals surface area contributed by atoms with Crippen LogP contribution in [0.5, 0.6) is 0 Å². The van der Waals surface area contributed by atoms with Crippen LogP contribution in [0.2, 0.25) is 0 Å². The first-order valence-corrected chi connectivity index (χ1v) is 8.90. The van der Waals surface area contributed by atoms with Gasteiger partial charge >= 0.3 is 0 Å². The maximum Gasteiger partial charge on any atom is 0.259 e. The second kappa shape index (κ2) is 7.28. The minimum Gasteiger partial charge on any atom is -0.469 e. The van der Waals surface area contributed by atoms with Gasteiger partial charge in [0, 0.05) is 32.6 Å². The van der Waals surface area contributed by atoms with Crippen LogP contribution >= 0.6 is 0 Å². The van der Waals surface area contributed by atoms with Gasteiger partial charge in [-0.05, 0) is 23.8 Å². The topological polar surface area (TPSA) is 79.9 Å². The summed E-state index contributed by atoms with van der Waals surface area (Å²) in [5.74, 6) is 0.593. The number of anilines is 1. The molecule has 1 aromatic rings. The van der Waals surface area contributed by atoms with Gasteiger partial charge in [-0.3, -0.25) is 9.59 Å². The standard InChI is InChI=1S/C20H21N3O4/c1-21-19(24)8-9-23-11-16(13-6-7-17-18(10-13)27-12-26-17)22-15-5-3-2-4-14(15)20(23)25/h2-7,11,18,22H,8-10,12H2,1H3,(H,21,24). The van der Waals surface area contributed by atoms with Crippen LogP contribution in [-0.4, -0.2) is 43.2 Å². The normalized spacial score (nSPS) is 20.9. The van der Waals surface area contributed by atoms with Crippen LogP contribution in [0, 0.1) is 0 Å². The molecule has 140 valence electrons. The summed E-state index contributed by atoms with van der Waals surface area (Å²) < 4.78 is 11.0. The first-order valence-electron chi connectivity index (χ1n) is 8.90. The van der Waals surface area contributed by atoms with Crippen molar-refractivity contribution in [1.82, 2.24) is 10.2 Å². The number of para-hydroxylation sites is 1. The quantitative estimate of drug-likeness (QED) is 0.852. The zero-order valence-electron chi connectivity index (χ0n) is 15.0. The molecule has 7 heteroatoms. The third kappa shape index (κ3) is 3.46. The summed E-state index contributed by atoms with van der Waals surface area (Å²) >= 11 is 0. The SMILES string of the molecule is CNC(=O)CCN1C=C(C2=CC=C3OCOC3C2)Nc2ccccc2C1=O. The summed E-state index contributed by atoms with van der Waals surface area (Å²) in [4.78, 5) is 26.2. The third-order valence-corrected chi connectivity index (χ3v) is 4.84. The number of nitrogens with zero attached hydrogens (tertiary/aromatic N) is 1. The molecule has 1 atom stereocenters. The van der Waals surface area contributed by atoms with Crippen LogP contribution in [-0.2, 0) is 14.3 Å². The number of nitrogens with one attached hydrogen (secondary N) is 2. The fourth-order valence-electron chi connectivity index (χ4n) is 3.33. The number of carbonyl (C=O) groups is 2. The first-order chi connectivity index (χ1) is 13.2. The van der Waals surface area contributed by atoms with Gasteiger partial charge in [-0.25, -0.2) is 0 Å². The smallest absolute Gasteiger partial charge is 0.259 e. The monoisotopic (exact) mass is 367 g/mol. The number of hydrogen-bond donors (Lipinski definition) is 2. The van der Waals surface area contributed by atoms with E-state index in [4.69, 9.17) is 9.47 Å². The maximum atomic E-state index is 13.0. The highest BCUT2D eigenvalue weighted by Gasteiger charge is 2.30. The molecular weight excluding hydrogens is 346 g/mol. The Morgan fingerprint density at radius 2 is 2.19 bits per heavy atom. The molecule has 2 N–H and O–H groups in total. The predicted octanol–water partition coefficient (Wildman–Crippen LogP) is 2.12. The molecule has 2 aliphatic heterocycles. The zero-order valence-corrected chi connectivity index (χ0v) is 15.0. The lowest BCUT2D eigenvalue weighted by molar-refractivity contribution is -0.120. The highest BCUT2D eigenvalue weighted by molar-refractivity contribution is 6.01. The molecule has 1 fully saturated rings. The van der Waals surface area contributed by atoms with Crippen molar-refractivity contribution in [3.8, 4) is 0 Å². The molecule has 0 bridgehead atoms. The Hall–Kier alpha value is -3.06. The van der Waals surface area contributed by atoms with Crippen molar-refractivity contribution in [3.05, 3.63) is 65.2 Å². The van der Waals surface area contributed by atoms with Gasteiger partial charge in [0.2, 0.25) is 5.91 Å². The van der Waals surface area contributed by atoms with E-state index in [1.807, 2.05) is 30.4 Å². The fraction of sp³-hybridized carbons (Fsp3) is 0.300. The van der Waals surface area contributed by atoms with Gasteiger partial charge in [-0.1, -0.05) is 18.2 Å². The maximum absolute atomic E-state index is 13.0. The number of amides is 2. The van der Waals surface area contributed by atoms with Crippen molar-refractivity contribution in [2.45, 2.75) is 18.9 Å². The molecule has 2 heterocycles. The van der Waals surface area contributed by atoms with E-state index in [2.05, 4.69) is 10.6 Å². The van der Waals surface area contributed by atoms with E-state index < -0.39 is 0 Å². The Bertz CT molecular complexity index is 872. The molecule has 3 aliphatic rings. The van der Waals surface area contributed by atoms with Crippen LogP contribution in [0.4, 0.5) is 5.69 Å². The summed E-state index contributed by atoms with van der Waals surface area (Å²) in [5.41, 5.74) is 3.16. The molecular formula is C20H21N3O4. The molecule has 27 heavy (non-hydrogen) atoms. The van der Waals surface area contributed by atoms with Crippen LogP contribution in [0.25, 0.3) is 0 Å². The van der Waals surface area contributed by atoms with Gasteiger partial charge in [-0.15, -0.1) is 0 Å². The molecule has 2 amide bonds. The molecule has 0 saturated carbocycles. The van der Waals surface area contributed by atoms with Crippen LogP contribution in [0.15, 0.2) is 59.6 Å². The average Bonchev–Trinajstić information content (AvgIpc) is 3.12. The molecule has 0 radical (unpaired) electrons. The van der Waals surface area contributed by atoms with Crippen LogP contribution < -0.4 is 10.6 Å². The van der Waals surface area contributed by atoms with Crippen molar-refractivity contribution in [2.24, 2.45) is 0 Å². The van der Waals surface area contributed by atoms with E-state index in [9.17, 15) is 9.59 Å². The van der Waals surface area contributed by atoms with E-state index in [0.717, 1.165) is 22.7 Å². The largest absolute Gasteiger partial charge is 0.469 e. The Labute approximate surface area is 157 Å². The van der Waals surface area contributed by atoms with Crippen molar-refractivity contribution in [1.29, 1.82) is 0 Å². The van der Waals surface area contributed by atoms with Gasteiger partial charge < -0.3 is 25.0 Å². The number of hydrogen-bond acceptors (Lipinski definition) is 5. The Kier molecular flexibility index (Phi) is 4.68. The van der Waals surface area contributed by atoms with E-state index in [1.54, 1.807) is 24.2 Å². The van der Waals surface area contributed by atoms with Crippen molar-refractivity contribution in [3.63, 3.8) is 0 Å². The molecule has 7 nitrogen and oxygen atoms in total. The summed E-state index contributed by atoms with van der Waals surface area (Å²) in [6, 6.07) is 7.38. The van der Waals surface area contributed by atoms with E-state index >= 15 is 0 Å². The number of benzene rings is 1. The zero-order chi connectivity index (χ0) is 18.8. The van der Waals surface area contributed by atoms with E-state index in [-0.39, 0.29) is 31.1 Å². The van der Waals surface area contributed by atoms with Gasteiger partial charge in [0.1, 0.15) is 11.9 Å². The minimum absolute atomic E-state index is 0.0961. The average molecular weight is 367 g/mol. The molecule has 1 aromatic carbocycles. The second-order valence-electron chi connectivity index (χ2n) is 6.52. The summed E-state index contributed by atoms with van der Waals surface area (Å²) in [6.07, 6.45) is 6.47. The number of fused-ring (bicyclic) bond motifs is 2. The summed E-state index contributed by atoms with van der Waals surface area (Å²) in [6.45, 7) is 0.569. The number of rotatable bonds is 4. The van der Waals surface area contributed by atoms with Gasteiger partial charge in [-0.2, -0.15) is 0 Å². The summed E-state index contributed by atoms with van der Waals surface area (Å²) in [5, 5.41) is 5.97. The van der Waals surface area contributed by atoms with E-state index in [1.165, 1.54) is 0 Å². The third-order valence-electron chi connectivity index (χ3n) is 4.84. The molecule has 1 aliphatic carbocycles. The van der Waals surface area contributed by atoms with Crippen molar-refractivity contribution < 1.29 is 19.1 Å². The molecule has 0 aromatic heterocycles. The first kappa shape index (κ1) is 17.4. The van der Waals surface area contributed by atoms with Gasteiger partial charge in [0.15, 0.2) is 6.79 Å². The second-order valence-corrected chi connectivity index (χ2v) is 6.52. The van der Waals surface area contributed by atoms with Gasteiger partial charge in [0.05, 0.1) is 16.9 Å². The number of allylic oxidation sites excluding steroid dienone is 3. The fourth-order valence-corrected chi connectivity index (χ4v) is 3.33. The Morgan fingerprint density at radius 1 is 1.33 bits per heavy atom. The number of ether oxygens (including phenoxy) is 2. The Morgan fingerprint density at radius 3 is 3.04 bits per heavy atom. The Balaban J connectivity index is 1.67. The lowest BCUT2D eigenvalue weighted by atomic mass is 9.98. The lowest BCUT2D eigenvalue weighted by Gasteiger charge is -2.21. The molecule has 1 unspecified atom stereocenters. The van der Waals surface area contributed by atoms with Gasteiger partial charge in [0.25, 0.3) is 5.91 Å². The molecule has 4 rings (SSSR count). The summed E-state index contributed by atoms with van der Waals surface area (Å²) in [7, 11) is 1.59. The van der Waals surface area contributed by atoms with Crippen LogP contribution in [0.1, 0.15) is 23.2 Å². The van der Waals surface area contributed by atoms with Crippen molar-refractivity contribution >= 4 is 17.5 Å². The molecule has 0 spiro atoms. The highest BCUT2D eigenvalue weighted by Crippen LogP contribution is 2.33. The predicted molar refractivity (Wildman–Crippen MR) is 99.5 cm³/mol.